The minimum Gasteiger partial charge on any atom is -0.399 e. The van der Waals surface area contributed by atoms with Gasteiger partial charge >= 0.3 is 0 Å². The maximum absolute atomic E-state index is 9.97. The van der Waals surface area contributed by atoms with Crippen molar-refractivity contribution in [2.45, 2.75) is 6.10 Å². The topological polar surface area (TPSA) is 84.1 Å². The van der Waals surface area contributed by atoms with Gasteiger partial charge in [0.25, 0.3) is 0 Å². The first kappa shape index (κ1) is 13.0. The molecule has 1 heterocycles. The predicted molar refractivity (Wildman–Crippen MR) is 79.1 cm³/mol. The minimum atomic E-state index is -0.617. The molecule has 0 fully saturated rings. The number of hydrogen-bond acceptors (Lipinski definition) is 5. The van der Waals surface area contributed by atoms with Crippen LogP contribution in [0.15, 0.2) is 36.7 Å². The van der Waals surface area contributed by atoms with Crippen LogP contribution in [0.25, 0.3) is 0 Å². The summed E-state index contributed by atoms with van der Waals surface area (Å²) in [6, 6.07) is 7.13. The van der Waals surface area contributed by atoms with Gasteiger partial charge in [0.05, 0.1) is 6.10 Å². The van der Waals surface area contributed by atoms with Crippen LogP contribution in [0, 0.1) is 3.57 Å². The number of benzene rings is 1. The Balaban J connectivity index is 1.93. The third kappa shape index (κ3) is 3.54. The van der Waals surface area contributed by atoms with E-state index in [1.165, 1.54) is 0 Å². The summed E-state index contributed by atoms with van der Waals surface area (Å²) in [4.78, 5) is 8.19. The maximum Gasteiger partial charge on any atom is 0.222 e. The highest BCUT2D eigenvalue weighted by atomic mass is 127. The minimum absolute atomic E-state index is 0.352. The smallest absolute Gasteiger partial charge is 0.222 e. The van der Waals surface area contributed by atoms with Crippen molar-refractivity contribution in [1.82, 2.24) is 9.97 Å². The molecule has 0 spiro atoms. The lowest BCUT2D eigenvalue weighted by Gasteiger charge is -2.12. The molecule has 0 aliphatic rings. The van der Waals surface area contributed by atoms with Crippen molar-refractivity contribution < 1.29 is 5.11 Å². The number of nitrogens with two attached hydrogens (primary N) is 1. The van der Waals surface area contributed by atoms with Gasteiger partial charge in [-0.15, -0.1) is 0 Å². The number of aliphatic hydroxyl groups is 1. The Morgan fingerprint density at radius 2 is 1.83 bits per heavy atom. The molecule has 1 aromatic carbocycles. The zero-order chi connectivity index (χ0) is 13.0. The van der Waals surface area contributed by atoms with E-state index in [0.29, 0.717) is 18.2 Å². The van der Waals surface area contributed by atoms with Crippen LogP contribution < -0.4 is 11.1 Å². The summed E-state index contributed by atoms with van der Waals surface area (Å²) in [7, 11) is 0. The van der Waals surface area contributed by atoms with Gasteiger partial charge in [0.15, 0.2) is 0 Å². The highest BCUT2D eigenvalue weighted by molar-refractivity contribution is 14.1. The third-order valence-corrected chi connectivity index (χ3v) is 2.95. The van der Waals surface area contributed by atoms with Gasteiger partial charge in [0, 0.05) is 28.2 Å². The molecular formula is C12H13IN4O. The molecule has 94 valence electrons. The normalized spacial score (nSPS) is 12.1. The highest BCUT2D eigenvalue weighted by Crippen LogP contribution is 2.15. The fraction of sp³-hybridized carbons (Fsp3) is 0.167. The number of aromatic nitrogens is 2. The second kappa shape index (κ2) is 5.96. The Morgan fingerprint density at radius 1 is 1.22 bits per heavy atom. The van der Waals surface area contributed by atoms with Gasteiger partial charge in [-0.2, -0.15) is 0 Å². The molecule has 0 saturated carbocycles. The van der Waals surface area contributed by atoms with Crippen LogP contribution in [0.2, 0.25) is 0 Å². The van der Waals surface area contributed by atoms with Crippen LogP contribution in [-0.4, -0.2) is 21.6 Å². The standard InChI is InChI=1S/C12H13IN4O/c13-9-5-15-12(16-6-9)17-7-11(18)8-1-3-10(14)4-2-8/h1-6,11,18H,7,14H2,(H,15,16,17). The molecule has 2 aromatic rings. The van der Waals surface area contributed by atoms with Crippen molar-refractivity contribution in [3.8, 4) is 0 Å². The third-order valence-electron chi connectivity index (χ3n) is 2.40. The molecule has 4 N–H and O–H groups in total. The molecule has 6 heteroatoms. The zero-order valence-corrected chi connectivity index (χ0v) is 11.7. The quantitative estimate of drug-likeness (QED) is 0.575. The molecule has 1 aromatic heterocycles. The number of anilines is 2. The molecule has 18 heavy (non-hydrogen) atoms. The van der Waals surface area contributed by atoms with E-state index in [-0.39, 0.29) is 0 Å². The summed E-state index contributed by atoms with van der Waals surface area (Å²) in [5, 5.41) is 12.9. The van der Waals surface area contributed by atoms with Crippen molar-refractivity contribution in [2.75, 3.05) is 17.6 Å². The Kier molecular flexibility index (Phi) is 4.32. The predicted octanol–water partition coefficient (Wildman–Crippen LogP) is 1.81. The molecule has 5 nitrogen and oxygen atoms in total. The lowest BCUT2D eigenvalue weighted by molar-refractivity contribution is 0.191. The molecular weight excluding hydrogens is 343 g/mol. The Hall–Kier alpha value is -1.41. The molecule has 0 saturated heterocycles. The van der Waals surface area contributed by atoms with Crippen LogP contribution in [0.5, 0.6) is 0 Å². The van der Waals surface area contributed by atoms with E-state index in [0.717, 1.165) is 9.13 Å². The summed E-state index contributed by atoms with van der Waals surface area (Å²) in [6.45, 7) is 0.352. The summed E-state index contributed by atoms with van der Waals surface area (Å²) in [5.41, 5.74) is 7.08. The largest absolute Gasteiger partial charge is 0.399 e. The van der Waals surface area contributed by atoms with E-state index in [1.54, 1.807) is 36.7 Å². The first-order valence-electron chi connectivity index (χ1n) is 5.40. The summed E-state index contributed by atoms with van der Waals surface area (Å²) >= 11 is 2.14. The van der Waals surface area contributed by atoms with Crippen molar-refractivity contribution in [2.24, 2.45) is 0 Å². The first-order chi connectivity index (χ1) is 8.65. The van der Waals surface area contributed by atoms with E-state index in [4.69, 9.17) is 5.73 Å². The molecule has 0 radical (unpaired) electrons. The van der Waals surface area contributed by atoms with Crippen LogP contribution in [0.1, 0.15) is 11.7 Å². The molecule has 2 rings (SSSR count). The van der Waals surface area contributed by atoms with Crippen molar-refractivity contribution >= 4 is 34.2 Å². The van der Waals surface area contributed by atoms with E-state index < -0.39 is 6.10 Å². The number of nitrogens with one attached hydrogen (secondary N) is 1. The molecule has 0 amide bonds. The lowest BCUT2D eigenvalue weighted by Crippen LogP contribution is -2.13. The van der Waals surface area contributed by atoms with Crippen LogP contribution in [-0.2, 0) is 0 Å². The van der Waals surface area contributed by atoms with E-state index >= 15 is 0 Å². The van der Waals surface area contributed by atoms with E-state index in [1.807, 2.05) is 0 Å². The van der Waals surface area contributed by atoms with Crippen LogP contribution in [0.3, 0.4) is 0 Å². The Bertz CT molecular complexity index is 500. The number of hydrogen-bond donors (Lipinski definition) is 3. The van der Waals surface area contributed by atoms with Gasteiger partial charge in [-0.3, -0.25) is 0 Å². The van der Waals surface area contributed by atoms with Gasteiger partial charge in [-0.1, -0.05) is 12.1 Å². The second-order valence-electron chi connectivity index (χ2n) is 3.79. The second-order valence-corrected chi connectivity index (χ2v) is 5.03. The lowest BCUT2D eigenvalue weighted by atomic mass is 10.1. The number of halogens is 1. The molecule has 1 atom stereocenters. The van der Waals surface area contributed by atoms with E-state index in [2.05, 4.69) is 37.9 Å². The molecule has 0 aliphatic heterocycles. The van der Waals surface area contributed by atoms with E-state index in [9.17, 15) is 5.11 Å². The summed E-state index contributed by atoms with van der Waals surface area (Å²) in [6.07, 6.45) is 2.81. The van der Waals surface area contributed by atoms with Gasteiger partial charge in [0.2, 0.25) is 5.95 Å². The monoisotopic (exact) mass is 356 g/mol. The van der Waals surface area contributed by atoms with Gasteiger partial charge in [-0.05, 0) is 40.3 Å². The van der Waals surface area contributed by atoms with Crippen molar-refractivity contribution in [3.63, 3.8) is 0 Å². The van der Waals surface area contributed by atoms with Gasteiger partial charge in [0.1, 0.15) is 0 Å². The Morgan fingerprint density at radius 3 is 2.44 bits per heavy atom. The number of aliphatic hydroxyl groups excluding tert-OH is 1. The molecule has 0 aliphatic carbocycles. The number of rotatable bonds is 4. The summed E-state index contributed by atoms with van der Waals surface area (Å²) < 4.78 is 0.970. The molecule has 1 unspecified atom stereocenters. The fourth-order valence-electron chi connectivity index (χ4n) is 1.43. The number of nitrogens with zero attached hydrogens (tertiary/aromatic N) is 2. The average molecular weight is 356 g/mol. The SMILES string of the molecule is Nc1ccc(C(O)CNc2ncc(I)cn2)cc1. The maximum atomic E-state index is 9.97. The van der Waals surface area contributed by atoms with Gasteiger partial charge < -0.3 is 16.2 Å². The van der Waals surface area contributed by atoms with Crippen molar-refractivity contribution in [1.29, 1.82) is 0 Å². The number of nitrogen functional groups attached to an aromatic ring is 1. The van der Waals surface area contributed by atoms with Crippen LogP contribution >= 0.6 is 22.6 Å². The fourth-order valence-corrected chi connectivity index (χ4v) is 1.71. The van der Waals surface area contributed by atoms with Crippen LogP contribution in [0.4, 0.5) is 11.6 Å². The molecule has 0 bridgehead atoms. The average Bonchev–Trinajstić information content (AvgIpc) is 2.38. The zero-order valence-electron chi connectivity index (χ0n) is 9.55. The Labute approximate surface area is 119 Å². The highest BCUT2D eigenvalue weighted by Gasteiger charge is 2.07. The first-order valence-corrected chi connectivity index (χ1v) is 6.48. The van der Waals surface area contributed by atoms with Gasteiger partial charge in [-0.25, -0.2) is 9.97 Å². The van der Waals surface area contributed by atoms with Crippen molar-refractivity contribution in [3.05, 3.63) is 45.8 Å². The summed E-state index contributed by atoms with van der Waals surface area (Å²) in [5.74, 6) is 0.505.